The summed E-state index contributed by atoms with van der Waals surface area (Å²) in [5.41, 5.74) is 2.19. The summed E-state index contributed by atoms with van der Waals surface area (Å²) in [6.45, 7) is 0. The van der Waals surface area contributed by atoms with Crippen molar-refractivity contribution in [1.82, 2.24) is 0 Å². The Morgan fingerprint density at radius 1 is 1.20 bits per heavy atom. The van der Waals surface area contributed by atoms with Crippen LogP contribution in [0, 0.1) is 5.92 Å². The molecule has 0 bridgehead atoms. The Morgan fingerprint density at radius 2 is 2.00 bits per heavy atom. The summed E-state index contributed by atoms with van der Waals surface area (Å²) in [7, 11) is 1.71. The van der Waals surface area contributed by atoms with Gasteiger partial charge in [0.05, 0.1) is 12.7 Å². The van der Waals surface area contributed by atoms with Crippen LogP contribution in [0.15, 0.2) is 18.2 Å². The van der Waals surface area contributed by atoms with Gasteiger partial charge in [0, 0.05) is 6.42 Å². The Kier molecular flexibility index (Phi) is 4.02. The highest BCUT2D eigenvalue weighted by molar-refractivity contribution is 5.38. The minimum atomic E-state index is -0.485. The van der Waals surface area contributed by atoms with Crippen LogP contribution in [0.2, 0.25) is 0 Å². The molecule has 2 aliphatic rings. The lowest BCUT2D eigenvalue weighted by Crippen LogP contribution is -2.38. The van der Waals surface area contributed by atoms with Gasteiger partial charge in [0.1, 0.15) is 5.75 Å². The molecule has 20 heavy (non-hydrogen) atoms. The van der Waals surface area contributed by atoms with E-state index in [1.54, 1.807) is 7.11 Å². The third-order valence-electron chi connectivity index (χ3n) is 5.19. The number of fused-ring (bicyclic) bond motifs is 1. The molecule has 1 unspecified atom stereocenters. The Labute approximate surface area is 122 Å². The molecular formula is C18H26O2. The number of benzene rings is 1. The summed E-state index contributed by atoms with van der Waals surface area (Å²) < 4.78 is 5.32. The maximum atomic E-state index is 11.0. The molecule has 0 heterocycles. The molecular weight excluding hydrogens is 248 g/mol. The smallest absolute Gasteiger partial charge is 0.119 e. The molecule has 1 fully saturated rings. The van der Waals surface area contributed by atoms with E-state index >= 15 is 0 Å². The van der Waals surface area contributed by atoms with Gasteiger partial charge in [0.15, 0.2) is 0 Å². The molecule has 1 aromatic rings. The molecule has 110 valence electrons. The molecule has 2 nitrogen and oxygen atoms in total. The number of aryl methyl sites for hydroxylation is 1. The van der Waals surface area contributed by atoms with E-state index in [4.69, 9.17) is 4.74 Å². The van der Waals surface area contributed by atoms with Crippen molar-refractivity contribution in [2.75, 3.05) is 7.11 Å². The van der Waals surface area contributed by atoms with Gasteiger partial charge >= 0.3 is 0 Å². The molecule has 2 aliphatic carbocycles. The molecule has 0 spiro atoms. The summed E-state index contributed by atoms with van der Waals surface area (Å²) in [6, 6.07) is 6.30. The minimum Gasteiger partial charge on any atom is -0.497 e. The van der Waals surface area contributed by atoms with Gasteiger partial charge in [-0.05, 0) is 48.4 Å². The fourth-order valence-electron chi connectivity index (χ4n) is 4.05. The Hall–Kier alpha value is -1.02. The molecule has 0 amide bonds. The quantitative estimate of drug-likeness (QED) is 0.906. The normalized spacial score (nSPS) is 27.1. The second-order valence-electron chi connectivity index (χ2n) is 6.74. The molecule has 1 N–H and O–H groups in total. The summed E-state index contributed by atoms with van der Waals surface area (Å²) in [4.78, 5) is 0. The molecule has 3 rings (SSSR count). The lowest BCUT2D eigenvalue weighted by Gasteiger charge is -2.37. The zero-order valence-corrected chi connectivity index (χ0v) is 12.5. The van der Waals surface area contributed by atoms with Crippen LogP contribution >= 0.6 is 0 Å². The molecule has 0 aromatic heterocycles. The average molecular weight is 274 g/mol. The fraction of sp³-hybridized carbons (Fsp3) is 0.667. The summed E-state index contributed by atoms with van der Waals surface area (Å²) in [5, 5.41) is 11.0. The monoisotopic (exact) mass is 274 g/mol. The van der Waals surface area contributed by atoms with Crippen molar-refractivity contribution in [3.8, 4) is 5.75 Å². The van der Waals surface area contributed by atoms with Crippen LogP contribution in [0.5, 0.6) is 5.75 Å². The second-order valence-corrected chi connectivity index (χ2v) is 6.74. The summed E-state index contributed by atoms with van der Waals surface area (Å²) in [6.07, 6.45) is 10.4. The van der Waals surface area contributed by atoms with Crippen LogP contribution in [0.3, 0.4) is 0 Å². The van der Waals surface area contributed by atoms with Gasteiger partial charge in [-0.2, -0.15) is 0 Å². The van der Waals surface area contributed by atoms with E-state index in [0.717, 1.165) is 37.4 Å². The van der Waals surface area contributed by atoms with Crippen LogP contribution in [-0.4, -0.2) is 17.8 Å². The largest absolute Gasteiger partial charge is 0.497 e. The van der Waals surface area contributed by atoms with Crippen molar-refractivity contribution in [1.29, 1.82) is 0 Å². The third-order valence-corrected chi connectivity index (χ3v) is 5.19. The van der Waals surface area contributed by atoms with Crippen molar-refractivity contribution in [3.63, 3.8) is 0 Å². The van der Waals surface area contributed by atoms with E-state index in [0.29, 0.717) is 0 Å². The van der Waals surface area contributed by atoms with Gasteiger partial charge in [-0.1, -0.05) is 38.2 Å². The van der Waals surface area contributed by atoms with E-state index < -0.39 is 5.60 Å². The minimum absolute atomic E-state index is 0.485. The first kappa shape index (κ1) is 13.9. The molecule has 1 atom stereocenters. The number of aliphatic hydroxyl groups is 1. The number of rotatable bonds is 3. The Balaban J connectivity index is 1.72. The standard InChI is InChI=1S/C18H26O2/c1-20-17-8-7-15-9-10-18(19,13-16(15)11-17)12-14-5-3-2-4-6-14/h7-8,11,14,19H,2-6,9-10,12-13H2,1H3. The molecule has 1 aromatic carbocycles. The van der Waals surface area contributed by atoms with Gasteiger partial charge in [-0.25, -0.2) is 0 Å². The fourth-order valence-corrected chi connectivity index (χ4v) is 4.05. The zero-order chi connectivity index (χ0) is 14.0. The predicted octanol–water partition coefficient (Wildman–Crippen LogP) is 3.89. The van der Waals surface area contributed by atoms with Crippen LogP contribution < -0.4 is 4.74 Å². The lowest BCUT2D eigenvalue weighted by atomic mass is 9.73. The van der Waals surface area contributed by atoms with Crippen molar-refractivity contribution in [2.45, 2.75) is 63.4 Å². The first-order valence-electron chi connectivity index (χ1n) is 8.07. The number of hydrogen-bond donors (Lipinski definition) is 1. The molecule has 1 saturated carbocycles. The first-order chi connectivity index (χ1) is 9.68. The number of hydrogen-bond acceptors (Lipinski definition) is 2. The molecule has 2 heteroatoms. The maximum Gasteiger partial charge on any atom is 0.119 e. The average Bonchev–Trinajstić information content (AvgIpc) is 2.47. The molecule has 0 radical (unpaired) electrons. The van der Waals surface area contributed by atoms with E-state index in [9.17, 15) is 5.11 Å². The van der Waals surface area contributed by atoms with Crippen LogP contribution in [0.1, 0.15) is 56.1 Å². The van der Waals surface area contributed by atoms with Crippen molar-refractivity contribution < 1.29 is 9.84 Å². The highest BCUT2D eigenvalue weighted by Gasteiger charge is 2.34. The van der Waals surface area contributed by atoms with Gasteiger partial charge in [0.25, 0.3) is 0 Å². The SMILES string of the molecule is COc1ccc2c(c1)CC(O)(CC1CCCCC1)CC2. The van der Waals surface area contributed by atoms with Crippen LogP contribution in [0.25, 0.3) is 0 Å². The summed E-state index contributed by atoms with van der Waals surface area (Å²) >= 11 is 0. The van der Waals surface area contributed by atoms with E-state index in [-0.39, 0.29) is 0 Å². The Morgan fingerprint density at radius 3 is 2.75 bits per heavy atom. The number of methoxy groups -OCH3 is 1. The third kappa shape index (κ3) is 3.01. The van der Waals surface area contributed by atoms with Gasteiger partial charge in [0.2, 0.25) is 0 Å². The maximum absolute atomic E-state index is 11.0. The van der Waals surface area contributed by atoms with E-state index in [2.05, 4.69) is 12.1 Å². The summed E-state index contributed by atoms with van der Waals surface area (Å²) in [5.74, 6) is 1.64. The second kappa shape index (κ2) is 5.77. The highest BCUT2D eigenvalue weighted by Crippen LogP contribution is 2.38. The van der Waals surface area contributed by atoms with Crippen LogP contribution in [-0.2, 0) is 12.8 Å². The highest BCUT2D eigenvalue weighted by atomic mass is 16.5. The van der Waals surface area contributed by atoms with Gasteiger partial charge in [-0.15, -0.1) is 0 Å². The van der Waals surface area contributed by atoms with E-state index in [1.807, 2.05) is 6.07 Å². The lowest BCUT2D eigenvalue weighted by molar-refractivity contribution is -0.00233. The zero-order valence-electron chi connectivity index (χ0n) is 12.5. The van der Waals surface area contributed by atoms with Crippen molar-refractivity contribution in [2.24, 2.45) is 5.92 Å². The van der Waals surface area contributed by atoms with Gasteiger partial charge in [-0.3, -0.25) is 0 Å². The Bertz CT molecular complexity index is 462. The predicted molar refractivity (Wildman–Crippen MR) is 81.2 cm³/mol. The van der Waals surface area contributed by atoms with Crippen molar-refractivity contribution >= 4 is 0 Å². The van der Waals surface area contributed by atoms with E-state index in [1.165, 1.54) is 43.2 Å². The van der Waals surface area contributed by atoms with Crippen molar-refractivity contribution in [3.05, 3.63) is 29.3 Å². The topological polar surface area (TPSA) is 29.5 Å². The van der Waals surface area contributed by atoms with Gasteiger partial charge < -0.3 is 9.84 Å². The first-order valence-corrected chi connectivity index (χ1v) is 8.07. The van der Waals surface area contributed by atoms with Crippen LogP contribution in [0.4, 0.5) is 0 Å². The molecule has 0 aliphatic heterocycles. The molecule has 0 saturated heterocycles. The number of ether oxygens (including phenoxy) is 1.